The Morgan fingerprint density at radius 2 is 2.00 bits per heavy atom. The summed E-state index contributed by atoms with van der Waals surface area (Å²) in [4.78, 5) is 32.6. The van der Waals surface area contributed by atoms with E-state index in [9.17, 15) is 14.0 Å². The molecule has 170 valence electrons. The van der Waals surface area contributed by atoms with Crippen molar-refractivity contribution in [2.24, 2.45) is 5.92 Å². The molecule has 1 fully saturated rings. The maximum absolute atomic E-state index is 14.4. The molecule has 1 aromatic carbocycles. The first-order chi connectivity index (χ1) is 16.0. The molecular weight excluding hydrogens is 425 g/mol. The van der Waals surface area contributed by atoms with Gasteiger partial charge in [0.25, 0.3) is 5.56 Å². The van der Waals surface area contributed by atoms with Crippen LogP contribution in [-0.2, 0) is 4.79 Å². The van der Waals surface area contributed by atoms with Crippen LogP contribution in [0.15, 0.2) is 41.3 Å². The van der Waals surface area contributed by atoms with Crippen molar-refractivity contribution in [3.05, 3.63) is 58.4 Å². The predicted molar refractivity (Wildman–Crippen MR) is 121 cm³/mol. The second-order valence-corrected chi connectivity index (χ2v) is 8.47. The maximum atomic E-state index is 14.4. The van der Waals surface area contributed by atoms with Crippen molar-refractivity contribution in [2.45, 2.75) is 45.4 Å². The first-order valence-corrected chi connectivity index (χ1v) is 11.1. The Hall–Kier alpha value is -3.82. The number of benzene rings is 1. The average molecular weight is 449 g/mol. The molecule has 1 aliphatic carbocycles. The van der Waals surface area contributed by atoms with Crippen molar-refractivity contribution < 1.29 is 9.18 Å². The third-order valence-electron chi connectivity index (χ3n) is 6.00. The lowest BCUT2D eigenvalue weighted by Gasteiger charge is -2.20. The molecule has 0 saturated heterocycles. The van der Waals surface area contributed by atoms with Crippen LogP contribution in [0.1, 0.15) is 44.2 Å². The number of hydrogen-bond acceptors (Lipinski definition) is 5. The minimum atomic E-state index is -0.489. The lowest BCUT2D eigenvalue weighted by atomic mass is 9.87. The number of anilines is 1. The van der Waals surface area contributed by atoms with E-state index in [0.29, 0.717) is 23.9 Å². The van der Waals surface area contributed by atoms with Gasteiger partial charge in [0, 0.05) is 12.5 Å². The Bertz CT molecular complexity index is 1380. The van der Waals surface area contributed by atoms with Gasteiger partial charge in [-0.2, -0.15) is 19.9 Å². The summed E-state index contributed by atoms with van der Waals surface area (Å²) < 4.78 is 17.0. The van der Waals surface area contributed by atoms with Crippen molar-refractivity contribution in [1.82, 2.24) is 29.5 Å². The molecule has 3 heterocycles. The summed E-state index contributed by atoms with van der Waals surface area (Å²) in [5.41, 5.74) is 0.569. The molecule has 0 aliphatic heterocycles. The van der Waals surface area contributed by atoms with Crippen LogP contribution >= 0.6 is 0 Å². The van der Waals surface area contributed by atoms with Gasteiger partial charge in [-0.25, -0.2) is 9.07 Å². The molecule has 0 bridgehead atoms. The van der Waals surface area contributed by atoms with Gasteiger partial charge in [0.2, 0.25) is 11.9 Å². The second-order valence-electron chi connectivity index (χ2n) is 8.47. The quantitative estimate of drug-likeness (QED) is 0.483. The third-order valence-corrected chi connectivity index (χ3v) is 6.00. The van der Waals surface area contributed by atoms with E-state index in [1.54, 1.807) is 31.2 Å². The van der Waals surface area contributed by atoms with Crippen LogP contribution in [0, 0.1) is 18.7 Å². The van der Waals surface area contributed by atoms with E-state index in [1.807, 2.05) is 0 Å². The molecule has 5 rings (SSSR count). The summed E-state index contributed by atoms with van der Waals surface area (Å²) in [7, 11) is 0. The number of carbonyl (C=O) groups is 1. The zero-order chi connectivity index (χ0) is 22.9. The number of aromatic nitrogens is 6. The van der Waals surface area contributed by atoms with E-state index < -0.39 is 11.4 Å². The molecule has 2 N–H and O–H groups in total. The number of nitrogens with one attached hydrogen (secondary N) is 2. The van der Waals surface area contributed by atoms with E-state index in [0.717, 1.165) is 25.7 Å². The smallest absolute Gasteiger partial charge is 0.263 e. The van der Waals surface area contributed by atoms with Gasteiger partial charge in [-0.3, -0.25) is 14.6 Å². The van der Waals surface area contributed by atoms with Crippen molar-refractivity contribution in [2.75, 3.05) is 5.32 Å². The van der Waals surface area contributed by atoms with Crippen LogP contribution in [0.2, 0.25) is 0 Å². The van der Waals surface area contributed by atoms with Crippen LogP contribution in [-0.4, -0.2) is 35.4 Å². The number of halogens is 1. The summed E-state index contributed by atoms with van der Waals surface area (Å²) in [5, 5.41) is 11.7. The number of amides is 1. The number of aryl methyl sites for hydroxylation is 1. The minimum absolute atomic E-state index is 0.0946. The van der Waals surface area contributed by atoms with Gasteiger partial charge in [-0.05, 0) is 37.8 Å². The molecule has 0 atom stereocenters. The Labute approximate surface area is 188 Å². The summed E-state index contributed by atoms with van der Waals surface area (Å²) in [6, 6.07) is 7.84. The Morgan fingerprint density at radius 1 is 1.21 bits per heavy atom. The molecule has 33 heavy (non-hydrogen) atoms. The molecule has 3 aromatic heterocycles. The summed E-state index contributed by atoms with van der Waals surface area (Å²) in [6.07, 6.45) is 7.49. The van der Waals surface area contributed by atoms with Gasteiger partial charge in [0.15, 0.2) is 5.65 Å². The van der Waals surface area contributed by atoms with Crippen LogP contribution in [0.5, 0.6) is 0 Å². The number of aromatic amines is 1. The van der Waals surface area contributed by atoms with E-state index in [4.69, 9.17) is 0 Å². The number of rotatable bonds is 5. The summed E-state index contributed by atoms with van der Waals surface area (Å²) >= 11 is 0. The van der Waals surface area contributed by atoms with Crippen LogP contribution in [0.25, 0.3) is 22.7 Å². The van der Waals surface area contributed by atoms with Crippen molar-refractivity contribution in [1.29, 1.82) is 0 Å². The molecule has 10 heteroatoms. The fourth-order valence-corrected chi connectivity index (χ4v) is 4.40. The summed E-state index contributed by atoms with van der Waals surface area (Å²) in [5.74, 6) is 0.319. The highest BCUT2D eigenvalue weighted by Crippen LogP contribution is 2.27. The van der Waals surface area contributed by atoms with Gasteiger partial charge in [0.05, 0.1) is 11.9 Å². The molecule has 0 unspecified atom stereocenters. The Morgan fingerprint density at radius 3 is 2.79 bits per heavy atom. The van der Waals surface area contributed by atoms with E-state index in [-0.39, 0.29) is 28.6 Å². The zero-order valence-electron chi connectivity index (χ0n) is 18.2. The Kier molecular flexibility index (Phi) is 5.49. The van der Waals surface area contributed by atoms with Gasteiger partial charge in [-0.15, -0.1) is 0 Å². The SMILES string of the molecule is Cc1cc(NC(=O)CC2CCCCC2)n(-c2nc3c(cnn3-c3ccccc3F)c(=O)[nH]2)n1. The maximum Gasteiger partial charge on any atom is 0.263 e. The van der Waals surface area contributed by atoms with Gasteiger partial charge in [-0.1, -0.05) is 31.4 Å². The highest BCUT2D eigenvalue weighted by Gasteiger charge is 2.20. The molecule has 1 amide bonds. The standard InChI is InChI=1S/C23H24FN7O2/c1-14-11-19(26-20(32)12-15-7-3-2-4-8-15)31(29-14)23-27-21-16(22(33)28-23)13-25-30(21)18-10-6-5-9-17(18)24/h5-6,9-11,13,15H,2-4,7-8,12H2,1H3,(H,26,32)(H,27,28,33). The molecule has 0 radical (unpaired) electrons. The lowest BCUT2D eigenvalue weighted by molar-refractivity contribution is -0.117. The Balaban J connectivity index is 1.51. The van der Waals surface area contributed by atoms with Gasteiger partial charge < -0.3 is 5.32 Å². The number of hydrogen-bond donors (Lipinski definition) is 2. The highest BCUT2D eigenvalue weighted by atomic mass is 19.1. The number of carbonyl (C=O) groups excluding carboxylic acids is 1. The molecule has 9 nitrogen and oxygen atoms in total. The van der Waals surface area contributed by atoms with E-state index in [1.165, 1.54) is 28.0 Å². The molecule has 0 spiro atoms. The largest absolute Gasteiger partial charge is 0.310 e. The number of H-pyrrole nitrogens is 1. The highest BCUT2D eigenvalue weighted by molar-refractivity contribution is 5.90. The fraction of sp³-hybridized carbons (Fsp3) is 0.348. The zero-order valence-corrected chi connectivity index (χ0v) is 18.2. The second kappa shape index (κ2) is 8.61. The predicted octanol–water partition coefficient (Wildman–Crippen LogP) is 3.65. The topological polar surface area (TPSA) is 110 Å². The normalized spacial score (nSPS) is 14.6. The van der Waals surface area contributed by atoms with Crippen molar-refractivity contribution in [3.63, 3.8) is 0 Å². The lowest BCUT2D eigenvalue weighted by Crippen LogP contribution is -2.21. The van der Waals surface area contributed by atoms with Crippen LogP contribution < -0.4 is 10.9 Å². The summed E-state index contributed by atoms with van der Waals surface area (Å²) in [6.45, 7) is 1.79. The van der Waals surface area contributed by atoms with Crippen LogP contribution in [0.4, 0.5) is 10.2 Å². The molecule has 1 aliphatic rings. The molecular formula is C23H24FN7O2. The number of fused-ring (bicyclic) bond motifs is 1. The average Bonchev–Trinajstić information content (AvgIpc) is 3.38. The first-order valence-electron chi connectivity index (χ1n) is 11.1. The van der Waals surface area contributed by atoms with Crippen LogP contribution in [0.3, 0.4) is 0 Å². The van der Waals surface area contributed by atoms with E-state index >= 15 is 0 Å². The number of para-hydroxylation sites is 1. The van der Waals surface area contributed by atoms with E-state index in [2.05, 4.69) is 25.5 Å². The molecule has 4 aromatic rings. The molecule has 1 saturated carbocycles. The third kappa shape index (κ3) is 4.15. The number of nitrogens with zero attached hydrogens (tertiary/aromatic N) is 5. The van der Waals surface area contributed by atoms with Gasteiger partial charge in [0.1, 0.15) is 22.7 Å². The van der Waals surface area contributed by atoms with Gasteiger partial charge >= 0.3 is 0 Å². The van der Waals surface area contributed by atoms with Crippen molar-refractivity contribution >= 4 is 22.8 Å². The fourth-order valence-electron chi connectivity index (χ4n) is 4.40. The van der Waals surface area contributed by atoms with Crippen molar-refractivity contribution in [3.8, 4) is 11.6 Å². The monoisotopic (exact) mass is 449 g/mol. The first kappa shape index (κ1) is 21.0. The minimum Gasteiger partial charge on any atom is -0.310 e.